The lowest BCUT2D eigenvalue weighted by molar-refractivity contribution is -0.0190. The van der Waals surface area contributed by atoms with Gasteiger partial charge in [0.25, 0.3) is 0 Å². The normalized spacial score (nSPS) is 19.9. The van der Waals surface area contributed by atoms with Crippen LogP contribution in [0.5, 0.6) is 5.75 Å². The van der Waals surface area contributed by atoms with Crippen molar-refractivity contribution in [2.24, 2.45) is 5.10 Å². The molecule has 0 bridgehead atoms. The average Bonchev–Trinajstić information content (AvgIpc) is 3.19. The van der Waals surface area contributed by atoms with Gasteiger partial charge in [0.15, 0.2) is 0 Å². The second-order valence-corrected chi connectivity index (χ2v) is 9.40. The van der Waals surface area contributed by atoms with Gasteiger partial charge in [0.2, 0.25) is 6.23 Å². The zero-order valence-electron chi connectivity index (χ0n) is 17.5. The zero-order valence-corrected chi connectivity index (χ0v) is 19.1. The lowest BCUT2D eigenvalue weighted by Gasteiger charge is -2.38. The Bertz CT molecular complexity index is 1100. The van der Waals surface area contributed by atoms with E-state index in [1.807, 2.05) is 6.07 Å². The summed E-state index contributed by atoms with van der Waals surface area (Å²) in [5.74, 6) is 1.45. The van der Waals surface area contributed by atoms with Crippen LogP contribution in [0, 0.1) is 6.92 Å². The number of benzene rings is 3. The Morgan fingerprint density at radius 2 is 1.73 bits per heavy atom. The summed E-state index contributed by atoms with van der Waals surface area (Å²) in [6, 6.07) is 23.9. The third kappa shape index (κ3) is 3.43. The molecule has 30 heavy (non-hydrogen) atoms. The van der Waals surface area contributed by atoms with Crippen molar-refractivity contribution in [2.75, 3.05) is 0 Å². The smallest absolute Gasteiger partial charge is 0.213 e. The van der Waals surface area contributed by atoms with Crippen LogP contribution >= 0.6 is 15.9 Å². The topological polar surface area (TPSA) is 24.8 Å². The fraction of sp³-hybridized carbons (Fsp3) is 0.269. The van der Waals surface area contributed by atoms with Crippen molar-refractivity contribution in [2.45, 2.75) is 45.4 Å². The molecule has 3 aromatic carbocycles. The fourth-order valence-electron chi connectivity index (χ4n) is 4.24. The highest BCUT2D eigenvalue weighted by Crippen LogP contribution is 2.48. The second kappa shape index (κ2) is 7.59. The standard InChI is InChI=1S/C26H25BrN2O/c1-16(2)18-8-10-20(11-9-18)26-29-24(22-14-21(27)12-13-25(22)30-26)15-23(28-29)19-6-4-17(3)5-7-19/h4-14,16,24,26H,15H2,1-3H3/t24-,26-/m0/s1. The van der Waals surface area contributed by atoms with Crippen LogP contribution in [-0.2, 0) is 0 Å². The van der Waals surface area contributed by atoms with Gasteiger partial charge in [-0.15, -0.1) is 0 Å². The summed E-state index contributed by atoms with van der Waals surface area (Å²) in [6.07, 6.45) is 0.643. The molecule has 0 saturated heterocycles. The molecule has 0 aromatic heterocycles. The van der Waals surface area contributed by atoms with E-state index in [9.17, 15) is 0 Å². The van der Waals surface area contributed by atoms with Crippen molar-refractivity contribution in [3.63, 3.8) is 0 Å². The van der Waals surface area contributed by atoms with Crippen LogP contribution in [0.2, 0.25) is 0 Å². The molecular weight excluding hydrogens is 436 g/mol. The largest absolute Gasteiger partial charge is 0.464 e. The third-order valence-corrected chi connectivity index (χ3v) is 6.52. The van der Waals surface area contributed by atoms with Crippen LogP contribution in [0.25, 0.3) is 0 Å². The minimum atomic E-state index is -0.229. The molecule has 2 atom stereocenters. The minimum Gasteiger partial charge on any atom is -0.464 e. The van der Waals surface area contributed by atoms with E-state index in [1.165, 1.54) is 22.3 Å². The first kappa shape index (κ1) is 19.4. The number of nitrogens with zero attached hydrogens (tertiary/aromatic N) is 2. The van der Waals surface area contributed by atoms with Gasteiger partial charge in [-0.25, -0.2) is 5.01 Å². The van der Waals surface area contributed by atoms with Gasteiger partial charge in [0.1, 0.15) is 5.75 Å². The summed E-state index contributed by atoms with van der Waals surface area (Å²) < 4.78 is 7.55. The van der Waals surface area contributed by atoms with Crippen molar-refractivity contribution in [1.29, 1.82) is 0 Å². The van der Waals surface area contributed by atoms with Crippen LogP contribution < -0.4 is 4.74 Å². The van der Waals surface area contributed by atoms with Crippen molar-refractivity contribution in [3.05, 3.63) is 99.0 Å². The molecule has 0 radical (unpaired) electrons. The van der Waals surface area contributed by atoms with Crippen molar-refractivity contribution < 1.29 is 4.74 Å². The van der Waals surface area contributed by atoms with Gasteiger partial charge in [-0.05, 0) is 42.2 Å². The number of ether oxygens (including phenoxy) is 1. The highest BCUT2D eigenvalue weighted by Gasteiger charge is 2.41. The number of aryl methyl sites for hydroxylation is 1. The molecule has 0 N–H and O–H groups in total. The summed E-state index contributed by atoms with van der Waals surface area (Å²) >= 11 is 3.63. The van der Waals surface area contributed by atoms with Gasteiger partial charge in [-0.1, -0.05) is 83.9 Å². The molecule has 0 aliphatic carbocycles. The number of hydrogen-bond acceptors (Lipinski definition) is 3. The summed E-state index contributed by atoms with van der Waals surface area (Å²) in [5, 5.41) is 7.21. The van der Waals surface area contributed by atoms with E-state index in [0.29, 0.717) is 5.92 Å². The van der Waals surface area contributed by atoms with Crippen molar-refractivity contribution >= 4 is 21.6 Å². The molecule has 5 rings (SSSR count). The van der Waals surface area contributed by atoms with E-state index in [2.05, 4.69) is 102 Å². The Morgan fingerprint density at radius 1 is 1.00 bits per heavy atom. The van der Waals surface area contributed by atoms with Crippen molar-refractivity contribution in [3.8, 4) is 5.75 Å². The Balaban J connectivity index is 1.57. The minimum absolute atomic E-state index is 0.164. The van der Waals surface area contributed by atoms with Gasteiger partial charge in [-0.2, -0.15) is 5.10 Å². The Hall–Kier alpha value is -2.59. The summed E-state index contributed by atoms with van der Waals surface area (Å²) in [6.45, 7) is 6.55. The van der Waals surface area contributed by atoms with E-state index in [1.54, 1.807) is 0 Å². The number of hydrazone groups is 1. The van der Waals surface area contributed by atoms with E-state index < -0.39 is 0 Å². The predicted octanol–water partition coefficient (Wildman–Crippen LogP) is 7.12. The highest BCUT2D eigenvalue weighted by molar-refractivity contribution is 9.10. The van der Waals surface area contributed by atoms with E-state index in [0.717, 1.165) is 27.9 Å². The highest BCUT2D eigenvalue weighted by atomic mass is 79.9. The third-order valence-electron chi connectivity index (χ3n) is 6.02. The summed E-state index contributed by atoms with van der Waals surface area (Å²) in [5.41, 5.74) is 7.20. The van der Waals surface area contributed by atoms with Gasteiger partial charge >= 0.3 is 0 Å². The molecule has 3 aromatic rings. The first-order valence-corrected chi connectivity index (χ1v) is 11.3. The molecule has 0 unspecified atom stereocenters. The zero-order chi connectivity index (χ0) is 20.8. The molecule has 2 aliphatic rings. The average molecular weight is 461 g/mol. The van der Waals surface area contributed by atoms with E-state index in [-0.39, 0.29) is 12.3 Å². The molecule has 2 heterocycles. The molecule has 0 saturated carbocycles. The monoisotopic (exact) mass is 460 g/mol. The molecule has 3 nitrogen and oxygen atoms in total. The number of fused-ring (bicyclic) bond motifs is 3. The first-order valence-electron chi connectivity index (χ1n) is 10.5. The molecule has 2 aliphatic heterocycles. The Labute approximate surface area is 186 Å². The van der Waals surface area contributed by atoms with E-state index >= 15 is 0 Å². The SMILES string of the molecule is Cc1ccc(C2=NN3[C@@H](C2)c2cc(Br)ccc2O[C@H]3c2ccc(C(C)C)cc2)cc1. The van der Waals surface area contributed by atoms with Gasteiger partial charge in [0, 0.05) is 22.0 Å². The number of rotatable bonds is 3. The number of halogens is 1. The van der Waals surface area contributed by atoms with Crippen molar-refractivity contribution in [1.82, 2.24) is 5.01 Å². The van der Waals surface area contributed by atoms with Gasteiger partial charge in [-0.3, -0.25) is 0 Å². The fourth-order valence-corrected chi connectivity index (χ4v) is 4.62. The van der Waals surface area contributed by atoms with Crippen LogP contribution in [0.1, 0.15) is 66.3 Å². The lowest BCUT2D eigenvalue weighted by Crippen LogP contribution is -2.33. The molecule has 0 spiro atoms. The van der Waals surface area contributed by atoms with Gasteiger partial charge in [0.05, 0.1) is 11.8 Å². The van der Waals surface area contributed by atoms with Crippen LogP contribution in [0.3, 0.4) is 0 Å². The predicted molar refractivity (Wildman–Crippen MR) is 125 cm³/mol. The van der Waals surface area contributed by atoms with Gasteiger partial charge < -0.3 is 4.74 Å². The maximum atomic E-state index is 6.49. The first-order chi connectivity index (χ1) is 14.5. The Morgan fingerprint density at radius 3 is 2.43 bits per heavy atom. The van der Waals surface area contributed by atoms with Crippen LogP contribution in [0.15, 0.2) is 76.3 Å². The summed E-state index contributed by atoms with van der Waals surface area (Å²) in [4.78, 5) is 0. The summed E-state index contributed by atoms with van der Waals surface area (Å²) in [7, 11) is 0. The lowest BCUT2D eigenvalue weighted by atomic mass is 9.95. The molecule has 0 fully saturated rings. The maximum Gasteiger partial charge on any atom is 0.213 e. The molecule has 0 amide bonds. The molecule has 4 heteroatoms. The second-order valence-electron chi connectivity index (χ2n) is 8.49. The Kier molecular flexibility index (Phi) is 4.90. The molecular formula is C26H25BrN2O. The van der Waals surface area contributed by atoms with Crippen LogP contribution in [0.4, 0.5) is 0 Å². The number of hydrogen-bond donors (Lipinski definition) is 0. The van der Waals surface area contributed by atoms with E-state index in [4.69, 9.17) is 9.84 Å². The maximum absolute atomic E-state index is 6.49. The molecule has 152 valence electrons. The van der Waals surface area contributed by atoms with Crippen LogP contribution in [-0.4, -0.2) is 10.7 Å². The quantitative estimate of drug-likeness (QED) is 0.415.